The maximum absolute atomic E-state index is 13.5. The highest BCUT2D eigenvalue weighted by Gasteiger charge is 2.40. The van der Waals surface area contributed by atoms with Crippen LogP contribution in [0, 0.1) is 35.1 Å². The zero-order valence-electron chi connectivity index (χ0n) is 42.0. The molecule has 6 heterocycles. The fraction of sp³-hybridized carbons (Fsp3) is 0.414. The van der Waals surface area contributed by atoms with E-state index in [1.807, 2.05) is 36.5 Å². The molecule has 4 fully saturated rings. The van der Waals surface area contributed by atoms with E-state index in [0.717, 1.165) is 91.3 Å². The number of fused-ring (bicyclic) bond motifs is 2. The molecule has 17 heteroatoms. The number of benzene rings is 4. The number of hydrogen-bond donors (Lipinski definition) is 4. The topological polar surface area (TPSA) is 163 Å². The second-order valence-electron chi connectivity index (χ2n) is 20.4. The number of rotatable bonds is 13. The van der Waals surface area contributed by atoms with E-state index in [1.165, 1.54) is 34.7 Å². The minimum Gasteiger partial charge on any atom is -0.496 e. The Morgan fingerprint density at radius 2 is 1.17 bits per heavy atom. The van der Waals surface area contributed by atoms with Crippen LogP contribution in [0.15, 0.2) is 97.3 Å². The van der Waals surface area contributed by atoms with Gasteiger partial charge in [0.15, 0.2) is 11.6 Å². The van der Waals surface area contributed by atoms with E-state index >= 15 is 0 Å². The molecule has 4 aliphatic heterocycles. The monoisotopic (exact) mass is 1030 g/mol. The number of likely N-dealkylation sites (tertiary alicyclic amines) is 4. The summed E-state index contributed by atoms with van der Waals surface area (Å²) in [6.45, 7) is 4.69. The number of carboxylic acid groups (broad SMARTS) is 2. The van der Waals surface area contributed by atoms with E-state index in [9.17, 15) is 47.0 Å². The highest BCUT2D eigenvalue weighted by Crippen LogP contribution is 2.40. The zero-order valence-corrected chi connectivity index (χ0v) is 42.0. The van der Waals surface area contributed by atoms with Gasteiger partial charge in [-0.05, 0) is 172 Å². The van der Waals surface area contributed by atoms with Crippen LogP contribution in [0.5, 0.6) is 5.75 Å². The van der Waals surface area contributed by atoms with Crippen molar-refractivity contribution in [2.24, 2.45) is 11.8 Å². The van der Waals surface area contributed by atoms with E-state index < -0.39 is 47.3 Å². The number of aliphatic carboxylic acids is 2. The number of nitrogens with one attached hydrogen (secondary N) is 2. The van der Waals surface area contributed by atoms with E-state index in [-0.39, 0.29) is 35.6 Å². The average Bonchev–Trinajstić information content (AvgIpc) is 4.05. The number of halogens is 4. The van der Waals surface area contributed by atoms with Gasteiger partial charge in [0.1, 0.15) is 29.5 Å². The van der Waals surface area contributed by atoms with Gasteiger partial charge in [0, 0.05) is 72.5 Å². The van der Waals surface area contributed by atoms with E-state index in [4.69, 9.17) is 4.74 Å². The second-order valence-corrected chi connectivity index (χ2v) is 20.4. The fourth-order valence-corrected chi connectivity index (χ4v) is 12.2. The Balaban J connectivity index is 0.000000184. The lowest BCUT2D eigenvalue weighted by Gasteiger charge is -2.42. The smallest absolute Gasteiger partial charge is 0.321 e. The van der Waals surface area contributed by atoms with Gasteiger partial charge < -0.3 is 34.7 Å². The van der Waals surface area contributed by atoms with Crippen LogP contribution in [-0.2, 0) is 25.6 Å². The van der Waals surface area contributed by atoms with Crippen molar-refractivity contribution < 1.29 is 51.7 Å². The maximum Gasteiger partial charge on any atom is 0.321 e. The lowest BCUT2D eigenvalue weighted by atomic mass is 9.84. The van der Waals surface area contributed by atoms with Crippen molar-refractivity contribution in [2.45, 2.75) is 81.7 Å². The van der Waals surface area contributed by atoms with Crippen LogP contribution in [0.1, 0.15) is 85.5 Å². The number of aromatic amines is 2. The third kappa shape index (κ3) is 12.3. The number of carbonyl (C=O) groups is 4. The van der Waals surface area contributed by atoms with Crippen LogP contribution in [0.4, 0.5) is 17.6 Å². The molecule has 396 valence electrons. The molecular formula is C58H64F4N6O7. The third-order valence-corrected chi connectivity index (χ3v) is 16.1. The minimum atomic E-state index is -0.961. The number of aromatic nitrogens is 2. The Hall–Kier alpha value is -6.98. The summed E-state index contributed by atoms with van der Waals surface area (Å²) >= 11 is 0. The van der Waals surface area contributed by atoms with Crippen molar-refractivity contribution in [1.29, 1.82) is 0 Å². The number of piperidine rings is 4. The molecule has 2 atom stereocenters. The van der Waals surface area contributed by atoms with Crippen LogP contribution in [0.25, 0.3) is 27.9 Å². The van der Waals surface area contributed by atoms with E-state index in [2.05, 4.69) is 38.1 Å². The van der Waals surface area contributed by atoms with Gasteiger partial charge in [-0.3, -0.25) is 29.0 Å². The quantitative estimate of drug-likeness (QED) is 0.0652. The number of hydrogen-bond acceptors (Lipinski definition) is 7. The highest BCUT2D eigenvalue weighted by molar-refractivity contribution is 5.92. The number of para-hydroxylation sites is 1. The first kappa shape index (κ1) is 52.9. The molecule has 4 saturated heterocycles. The predicted octanol–water partition coefficient (Wildman–Crippen LogP) is 9.60. The largest absolute Gasteiger partial charge is 0.496 e. The molecule has 10 rings (SSSR count). The molecule has 0 saturated carbocycles. The first-order chi connectivity index (χ1) is 36.2. The molecule has 4 aliphatic rings. The van der Waals surface area contributed by atoms with Crippen molar-refractivity contribution >= 4 is 51.6 Å². The molecular weight excluding hydrogens is 969 g/mol. The van der Waals surface area contributed by atoms with Gasteiger partial charge >= 0.3 is 11.9 Å². The molecule has 13 nitrogen and oxygen atoms in total. The number of carboxylic acids is 2. The maximum atomic E-state index is 13.5. The molecule has 0 radical (unpaired) electrons. The summed E-state index contributed by atoms with van der Waals surface area (Å²) < 4.78 is 59.0. The second kappa shape index (κ2) is 23.7. The zero-order chi connectivity index (χ0) is 52.8. The van der Waals surface area contributed by atoms with Crippen molar-refractivity contribution in [3.8, 4) is 5.75 Å². The molecule has 2 aromatic heterocycles. The lowest BCUT2D eigenvalue weighted by molar-refractivity contribution is -0.148. The first-order valence-electron chi connectivity index (χ1n) is 26.0. The summed E-state index contributed by atoms with van der Waals surface area (Å²) in [4.78, 5) is 64.3. The number of methoxy groups -OCH3 is 1. The summed E-state index contributed by atoms with van der Waals surface area (Å²) in [5, 5.41) is 22.6. The Kier molecular flexibility index (Phi) is 16.7. The fourth-order valence-electron chi connectivity index (χ4n) is 12.2. The van der Waals surface area contributed by atoms with Crippen molar-refractivity contribution in [3.63, 3.8) is 0 Å². The molecule has 0 bridgehead atoms. The third-order valence-electron chi connectivity index (χ3n) is 16.1. The van der Waals surface area contributed by atoms with Gasteiger partial charge in [0.25, 0.3) is 0 Å². The van der Waals surface area contributed by atoms with E-state index in [1.54, 1.807) is 16.9 Å². The number of amides is 2. The Morgan fingerprint density at radius 3 is 1.76 bits per heavy atom. The van der Waals surface area contributed by atoms with Gasteiger partial charge in [-0.1, -0.05) is 30.3 Å². The lowest BCUT2D eigenvalue weighted by Crippen LogP contribution is -2.52. The molecule has 75 heavy (non-hydrogen) atoms. The summed E-state index contributed by atoms with van der Waals surface area (Å²) in [5.41, 5.74) is 5.40. The Labute approximate surface area is 433 Å². The Bertz CT molecular complexity index is 3000. The summed E-state index contributed by atoms with van der Waals surface area (Å²) in [6.07, 6.45) is 12.8. The van der Waals surface area contributed by atoms with Crippen LogP contribution >= 0.6 is 0 Å². The van der Waals surface area contributed by atoms with Gasteiger partial charge in [-0.2, -0.15) is 0 Å². The summed E-state index contributed by atoms with van der Waals surface area (Å²) in [7, 11) is 1.67. The number of ether oxygens (including phenoxy) is 1. The van der Waals surface area contributed by atoms with Gasteiger partial charge in [0.2, 0.25) is 11.8 Å². The SMILES string of the molecule is COc1cccc2[nH]cc(C3CCN(C(C(=O)O)C4CCN(C(=O)/C=C/c5cc(F)cc(F)c5)CC4)CC3)c12.O=C(O)C(C1CCN(C(=O)Cc2ccc(F)c(F)c2)CC1)N1CCC(c2c[nH]c3ccccc23)CC1. The molecule has 6 aromatic rings. The summed E-state index contributed by atoms with van der Waals surface area (Å²) in [5.74, 6) is -3.83. The molecule has 2 amide bonds. The van der Waals surface area contributed by atoms with Gasteiger partial charge in [-0.25, -0.2) is 17.6 Å². The van der Waals surface area contributed by atoms with E-state index in [0.29, 0.717) is 82.4 Å². The Morgan fingerprint density at radius 1 is 0.627 bits per heavy atom. The average molecular weight is 1030 g/mol. The highest BCUT2D eigenvalue weighted by atomic mass is 19.2. The number of H-pyrrole nitrogens is 2. The van der Waals surface area contributed by atoms with Gasteiger partial charge in [-0.15, -0.1) is 0 Å². The molecule has 4 N–H and O–H groups in total. The molecule has 0 spiro atoms. The number of carbonyl (C=O) groups excluding carboxylic acids is 2. The van der Waals surface area contributed by atoms with Crippen LogP contribution in [0.2, 0.25) is 0 Å². The summed E-state index contributed by atoms with van der Waals surface area (Å²) in [6, 6.07) is 19.7. The van der Waals surface area contributed by atoms with Crippen LogP contribution in [0.3, 0.4) is 0 Å². The van der Waals surface area contributed by atoms with Crippen molar-refractivity contribution in [3.05, 3.63) is 143 Å². The standard InChI is InChI=1S/C30H33F2N3O4.C28H31F2N3O3/c1-39-26-4-2-3-25-28(26)24(18-33-25)20-7-13-35(14-8-20)29(30(37)38)21-9-11-34(12-10-21)27(36)6-5-19-15-22(31)17-23(32)16-19;29-23-6-5-18(15-24(23)30)16-26(34)32-11-9-20(10-12-32)27(28(35)36)33-13-7-19(8-14-33)22-17-31-25-4-2-1-3-21(22)25/h2-6,15-18,20-21,29,33H,7-14H2,1H3,(H,37,38);1-6,15,17,19-20,27,31H,7-14,16H2,(H,35,36)/b6-5+;. The van der Waals surface area contributed by atoms with Crippen LogP contribution < -0.4 is 4.74 Å². The van der Waals surface area contributed by atoms with Crippen molar-refractivity contribution in [2.75, 3.05) is 59.5 Å². The first-order valence-corrected chi connectivity index (χ1v) is 26.0. The molecule has 0 aliphatic carbocycles. The number of nitrogens with zero attached hydrogens (tertiary/aromatic N) is 4. The normalized spacial score (nSPS) is 18.8. The minimum absolute atomic E-state index is 0.00553. The van der Waals surface area contributed by atoms with Crippen molar-refractivity contribution in [1.82, 2.24) is 29.6 Å². The predicted molar refractivity (Wildman–Crippen MR) is 277 cm³/mol. The van der Waals surface area contributed by atoms with Crippen LogP contribution in [-0.4, -0.2) is 135 Å². The molecule has 4 aromatic carbocycles. The van der Waals surface area contributed by atoms with Gasteiger partial charge in [0.05, 0.1) is 13.5 Å². The molecule has 2 unspecified atom stereocenters.